The minimum Gasteiger partial charge on any atom is -0.351 e. The molecule has 6 heteroatoms. The molecule has 0 atom stereocenters. The van der Waals surface area contributed by atoms with Gasteiger partial charge in [0.15, 0.2) is 0 Å². The molecule has 1 N–H and O–H groups in total. The molecule has 1 aromatic carbocycles. The number of nitro benzene ring substituents is 1. The van der Waals surface area contributed by atoms with Gasteiger partial charge in [-0.3, -0.25) is 19.9 Å². The van der Waals surface area contributed by atoms with E-state index < -0.39 is 10.8 Å². The van der Waals surface area contributed by atoms with Gasteiger partial charge in [-0.05, 0) is 30.2 Å². The van der Waals surface area contributed by atoms with E-state index >= 15 is 0 Å². The molecular formula is C17H19N3O3. The number of pyridine rings is 1. The summed E-state index contributed by atoms with van der Waals surface area (Å²) in [6.07, 6.45) is 3.40. The van der Waals surface area contributed by atoms with Crippen molar-refractivity contribution in [3.63, 3.8) is 0 Å². The van der Waals surface area contributed by atoms with E-state index in [-0.39, 0.29) is 16.7 Å². The first-order valence-electron chi connectivity index (χ1n) is 7.25. The van der Waals surface area contributed by atoms with Gasteiger partial charge in [0.1, 0.15) is 5.56 Å². The summed E-state index contributed by atoms with van der Waals surface area (Å²) in [5.74, 6) is -0.433. The molecule has 0 unspecified atom stereocenters. The second-order valence-electron chi connectivity index (χ2n) is 6.03. The number of rotatable bonds is 5. The summed E-state index contributed by atoms with van der Waals surface area (Å²) >= 11 is 0. The van der Waals surface area contributed by atoms with Crippen LogP contribution in [-0.4, -0.2) is 22.4 Å². The number of nitrogens with zero attached hydrogens (tertiary/aromatic N) is 2. The van der Waals surface area contributed by atoms with E-state index in [0.29, 0.717) is 12.1 Å². The average molecular weight is 313 g/mol. The fourth-order valence-electron chi connectivity index (χ4n) is 2.39. The number of benzene rings is 1. The molecule has 6 nitrogen and oxygen atoms in total. The molecule has 23 heavy (non-hydrogen) atoms. The lowest BCUT2D eigenvalue weighted by Crippen LogP contribution is -2.37. The number of amides is 1. The molecule has 1 amide bonds. The van der Waals surface area contributed by atoms with E-state index in [1.807, 2.05) is 26.0 Å². The molecule has 0 aliphatic carbocycles. The van der Waals surface area contributed by atoms with Crippen molar-refractivity contribution in [3.05, 3.63) is 69.5 Å². The Kier molecular flexibility index (Phi) is 4.74. The summed E-state index contributed by atoms with van der Waals surface area (Å²) in [4.78, 5) is 27.0. The van der Waals surface area contributed by atoms with Gasteiger partial charge >= 0.3 is 0 Å². The van der Waals surface area contributed by atoms with E-state index in [1.54, 1.807) is 31.5 Å². The number of hydrogen-bond donors (Lipinski definition) is 1. The van der Waals surface area contributed by atoms with Crippen molar-refractivity contribution in [2.75, 3.05) is 6.54 Å². The third-order valence-corrected chi connectivity index (χ3v) is 3.83. The van der Waals surface area contributed by atoms with Crippen LogP contribution in [0.15, 0.2) is 42.7 Å². The first kappa shape index (κ1) is 16.6. The van der Waals surface area contributed by atoms with Crippen LogP contribution in [0.2, 0.25) is 0 Å². The molecule has 0 bridgehead atoms. The fourth-order valence-corrected chi connectivity index (χ4v) is 2.39. The smallest absolute Gasteiger partial charge is 0.282 e. The van der Waals surface area contributed by atoms with Gasteiger partial charge in [-0.2, -0.15) is 0 Å². The monoisotopic (exact) mass is 313 g/mol. The largest absolute Gasteiger partial charge is 0.351 e. The molecular weight excluding hydrogens is 294 g/mol. The summed E-state index contributed by atoms with van der Waals surface area (Å²) in [5, 5.41) is 13.9. The lowest BCUT2D eigenvalue weighted by atomic mass is 9.85. The molecule has 0 aliphatic rings. The topological polar surface area (TPSA) is 85.1 Å². The molecule has 1 aromatic heterocycles. The SMILES string of the molecule is Cc1cccc([N+](=O)[O-])c1C(=O)NCC(C)(C)c1ccncc1. The molecule has 2 rings (SSSR count). The second kappa shape index (κ2) is 6.56. The van der Waals surface area contributed by atoms with Gasteiger partial charge in [0.25, 0.3) is 11.6 Å². The van der Waals surface area contributed by atoms with Gasteiger partial charge in [-0.25, -0.2) is 0 Å². The maximum Gasteiger partial charge on any atom is 0.282 e. The van der Waals surface area contributed by atoms with Gasteiger partial charge in [0.05, 0.1) is 4.92 Å². The van der Waals surface area contributed by atoms with Crippen molar-refractivity contribution < 1.29 is 9.72 Å². The highest BCUT2D eigenvalue weighted by Gasteiger charge is 2.25. The minimum atomic E-state index is -0.532. The van der Waals surface area contributed by atoms with Crippen LogP contribution < -0.4 is 5.32 Å². The third kappa shape index (κ3) is 3.71. The van der Waals surface area contributed by atoms with Gasteiger partial charge in [0, 0.05) is 30.4 Å². The highest BCUT2D eigenvalue weighted by molar-refractivity contribution is 5.99. The number of carbonyl (C=O) groups excluding carboxylic acids is 1. The van der Waals surface area contributed by atoms with E-state index in [1.165, 1.54) is 6.07 Å². The molecule has 0 aliphatic heterocycles. The van der Waals surface area contributed by atoms with Crippen LogP contribution in [0.1, 0.15) is 35.3 Å². The molecule has 0 radical (unpaired) electrons. The maximum absolute atomic E-state index is 12.4. The predicted octanol–water partition coefficient (Wildman–Crippen LogP) is 3.01. The number of hydrogen-bond acceptors (Lipinski definition) is 4. The Labute approximate surface area is 134 Å². The molecule has 2 aromatic rings. The van der Waals surface area contributed by atoms with Crippen LogP contribution in [-0.2, 0) is 5.41 Å². The third-order valence-electron chi connectivity index (χ3n) is 3.83. The van der Waals surface area contributed by atoms with Gasteiger partial charge in [-0.1, -0.05) is 26.0 Å². The van der Waals surface area contributed by atoms with Crippen LogP contribution in [0.3, 0.4) is 0 Å². The highest BCUT2D eigenvalue weighted by Crippen LogP contribution is 2.24. The van der Waals surface area contributed by atoms with E-state index in [0.717, 1.165) is 5.56 Å². The van der Waals surface area contributed by atoms with Crippen LogP contribution >= 0.6 is 0 Å². The Balaban J connectivity index is 2.19. The molecule has 1 heterocycles. The summed E-state index contributed by atoms with van der Waals surface area (Å²) in [7, 11) is 0. The number of carbonyl (C=O) groups is 1. The zero-order chi connectivity index (χ0) is 17.0. The maximum atomic E-state index is 12.4. The molecule has 0 saturated heterocycles. The molecule has 0 fully saturated rings. The molecule has 0 saturated carbocycles. The Hall–Kier alpha value is -2.76. The van der Waals surface area contributed by atoms with Crippen LogP contribution in [0.5, 0.6) is 0 Å². The van der Waals surface area contributed by atoms with Crippen molar-refractivity contribution in [1.82, 2.24) is 10.3 Å². The Bertz CT molecular complexity index is 727. The fraction of sp³-hybridized carbons (Fsp3) is 0.294. The minimum absolute atomic E-state index is 0.114. The van der Waals surface area contributed by atoms with E-state index in [4.69, 9.17) is 0 Å². The van der Waals surface area contributed by atoms with E-state index in [9.17, 15) is 14.9 Å². The van der Waals surface area contributed by atoms with Gasteiger partial charge in [-0.15, -0.1) is 0 Å². The number of aryl methyl sites for hydroxylation is 1. The van der Waals surface area contributed by atoms with Crippen molar-refractivity contribution in [2.24, 2.45) is 0 Å². The zero-order valence-electron chi connectivity index (χ0n) is 13.4. The van der Waals surface area contributed by atoms with Crippen molar-refractivity contribution >= 4 is 11.6 Å². The number of nitro groups is 1. The number of aromatic nitrogens is 1. The Morgan fingerprint density at radius 2 is 1.91 bits per heavy atom. The highest BCUT2D eigenvalue weighted by atomic mass is 16.6. The van der Waals surface area contributed by atoms with Gasteiger partial charge in [0.2, 0.25) is 0 Å². The summed E-state index contributed by atoms with van der Waals surface area (Å²) in [5.41, 5.74) is 1.24. The Morgan fingerprint density at radius 3 is 2.52 bits per heavy atom. The molecule has 0 spiro atoms. The van der Waals surface area contributed by atoms with Crippen LogP contribution in [0.4, 0.5) is 5.69 Å². The summed E-state index contributed by atoms with van der Waals surface area (Å²) in [6.45, 7) is 6.04. The summed E-state index contributed by atoms with van der Waals surface area (Å²) in [6, 6.07) is 8.39. The van der Waals surface area contributed by atoms with Crippen molar-refractivity contribution in [2.45, 2.75) is 26.2 Å². The zero-order valence-corrected chi connectivity index (χ0v) is 13.4. The predicted molar refractivity (Wildman–Crippen MR) is 87.4 cm³/mol. The first-order chi connectivity index (χ1) is 10.8. The standard InChI is InChI=1S/C17H19N3O3/c1-12-5-4-6-14(20(22)23)15(12)16(21)19-11-17(2,3)13-7-9-18-10-8-13/h4-10H,11H2,1-3H3,(H,19,21). The normalized spacial score (nSPS) is 11.1. The first-order valence-corrected chi connectivity index (χ1v) is 7.25. The Morgan fingerprint density at radius 1 is 1.26 bits per heavy atom. The van der Waals surface area contributed by atoms with Crippen LogP contribution in [0.25, 0.3) is 0 Å². The van der Waals surface area contributed by atoms with Crippen LogP contribution in [0, 0.1) is 17.0 Å². The quantitative estimate of drug-likeness (QED) is 0.679. The van der Waals surface area contributed by atoms with Crippen molar-refractivity contribution in [3.8, 4) is 0 Å². The molecule has 120 valence electrons. The average Bonchev–Trinajstić information content (AvgIpc) is 2.53. The lowest BCUT2D eigenvalue weighted by molar-refractivity contribution is -0.385. The number of nitrogens with one attached hydrogen (secondary N) is 1. The van der Waals surface area contributed by atoms with Gasteiger partial charge < -0.3 is 5.32 Å². The summed E-state index contributed by atoms with van der Waals surface area (Å²) < 4.78 is 0. The van der Waals surface area contributed by atoms with Crippen molar-refractivity contribution in [1.29, 1.82) is 0 Å². The van der Waals surface area contributed by atoms with E-state index in [2.05, 4.69) is 10.3 Å². The second-order valence-corrected chi connectivity index (χ2v) is 6.03. The lowest BCUT2D eigenvalue weighted by Gasteiger charge is -2.25.